The van der Waals surface area contributed by atoms with E-state index in [9.17, 15) is 34.2 Å². The zero-order valence-electron chi connectivity index (χ0n) is 28.3. The number of aliphatic hydroxyl groups is 2. The van der Waals surface area contributed by atoms with E-state index in [0.717, 1.165) is 18.6 Å². The monoisotopic (exact) mass is 681 g/mol. The van der Waals surface area contributed by atoms with Crippen molar-refractivity contribution in [3.63, 3.8) is 0 Å². The Balaban J connectivity index is 1.64. The van der Waals surface area contributed by atoms with Crippen molar-refractivity contribution >= 4 is 29.5 Å². The van der Waals surface area contributed by atoms with E-state index in [1.165, 1.54) is 19.9 Å². The highest BCUT2D eigenvalue weighted by Crippen LogP contribution is 2.70. The Kier molecular flexibility index (Phi) is 11.1. The number of allylic oxidation sites excluding steroid dienone is 4. The lowest BCUT2D eigenvalue weighted by Gasteiger charge is -2.63. The lowest BCUT2D eigenvalue weighted by Crippen LogP contribution is -2.71. The first-order valence-corrected chi connectivity index (χ1v) is 16.9. The Morgan fingerprint density at radius 2 is 1.75 bits per heavy atom. The summed E-state index contributed by atoms with van der Waals surface area (Å²) >= 11 is 0. The number of ether oxygens (including phenoxy) is 3. The summed E-state index contributed by atoms with van der Waals surface area (Å²) in [5.41, 5.74) is -2.48. The highest BCUT2D eigenvalue weighted by atomic mass is 19.1. The SMILES string of the molecule is CCCCC(=O)OC1(C(=O)COC(=O)CC(N)C(=O)OCC(C)CC)C(O)CC2C3CC(F)C4=CC(=O)C=CC4(C)C3(F)C(O)CC21C. The highest BCUT2D eigenvalue weighted by Gasteiger charge is 2.78. The van der Waals surface area contributed by atoms with Crippen LogP contribution in [0.1, 0.15) is 86.0 Å². The molecule has 11 atom stereocenters. The molecule has 0 amide bonds. The summed E-state index contributed by atoms with van der Waals surface area (Å²) in [6, 6.07) is -1.37. The van der Waals surface area contributed by atoms with E-state index in [4.69, 9.17) is 19.9 Å². The van der Waals surface area contributed by atoms with Crippen molar-refractivity contribution in [3.05, 3.63) is 23.8 Å². The molecule has 48 heavy (non-hydrogen) atoms. The van der Waals surface area contributed by atoms with Crippen molar-refractivity contribution in [2.75, 3.05) is 13.2 Å². The molecule has 0 aromatic carbocycles. The van der Waals surface area contributed by atoms with E-state index in [-0.39, 0.29) is 30.9 Å². The van der Waals surface area contributed by atoms with Crippen molar-refractivity contribution in [3.8, 4) is 0 Å². The Morgan fingerprint density at radius 1 is 1.06 bits per heavy atom. The molecule has 0 aromatic rings. The molecule has 3 saturated carbocycles. The molecule has 268 valence electrons. The summed E-state index contributed by atoms with van der Waals surface area (Å²) in [4.78, 5) is 64.4. The number of carbonyl (C=O) groups excluding carboxylic acids is 5. The van der Waals surface area contributed by atoms with E-state index in [1.807, 2.05) is 20.8 Å². The maximum absolute atomic E-state index is 17.6. The van der Waals surface area contributed by atoms with Gasteiger partial charge in [0.25, 0.3) is 0 Å². The number of alkyl halides is 2. The zero-order valence-corrected chi connectivity index (χ0v) is 28.3. The molecular weight excluding hydrogens is 632 g/mol. The second-order valence-electron chi connectivity index (χ2n) is 14.5. The molecule has 11 unspecified atom stereocenters. The van der Waals surface area contributed by atoms with Gasteiger partial charge in [-0.3, -0.25) is 24.0 Å². The number of Topliss-reactive ketones (excluding diaryl/α,β-unsaturated/α-hetero) is 1. The zero-order chi connectivity index (χ0) is 35.8. The molecule has 13 heteroatoms. The Morgan fingerprint density at radius 3 is 2.40 bits per heavy atom. The molecule has 0 radical (unpaired) electrons. The van der Waals surface area contributed by atoms with Crippen LogP contribution in [-0.4, -0.2) is 88.6 Å². The third-order valence-corrected chi connectivity index (χ3v) is 11.5. The van der Waals surface area contributed by atoms with Gasteiger partial charge in [0, 0.05) is 23.2 Å². The molecule has 0 heterocycles. The fourth-order valence-electron chi connectivity index (χ4n) is 8.52. The largest absolute Gasteiger partial charge is 0.464 e. The Labute approximate surface area is 279 Å². The first-order chi connectivity index (χ1) is 22.4. The number of nitrogens with two attached hydrogens (primary N) is 1. The summed E-state index contributed by atoms with van der Waals surface area (Å²) < 4.78 is 49.6. The molecule has 0 bridgehead atoms. The number of carbonyl (C=O) groups is 5. The van der Waals surface area contributed by atoms with Gasteiger partial charge in [-0.1, -0.05) is 46.6 Å². The average molecular weight is 682 g/mol. The van der Waals surface area contributed by atoms with Crippen molar-refractivity contribution in [2.24, 2.45) is 34.3 Å². The molecular formula is C35H49F2NO10. The standard InChI is InChI=1S/C35H49F2NO10/c1-6-8-9-29(43)48-35(28(42)18-46-30(44)15-25(38)31(45)47-17-19(3)7-2)26(40)14-21-22-13-24(36)23-12-20(39)10-11-32(23,4)34(22,37)27(41)16-33(21,35)5/h10-12,19,21-22,24-27,40-41H,6-9,13-18,38H2,1-5H3. The van der Waals surface area contributed by atoms with Gasteiger partial charge in [0.05, 0.1) is 19.1 Å². The fraction of sp³-hybridized carbons (Fsp3) is 0.743. The van der Waals surface area contributed by atoms with Gasteiger partial charge >= 0.3 is 17.9 Å². The van der Waals surface area contributed by atoms with Gasteiger partial charge in [-0.05, 0) is 62.2 Å². The number of ketones is 2. The van der Waals surface area contributed by atoms with Crippen LogP contribution in [0.5, 0.6) is 0 Å². The van der Waals surface area contributed by atoms with E-state index in [0.29, 0.717) is 12.8 Å². The lowest BCUT2D eigenvalue weighted by molar-refractivity contribution is -0.235. The summed E-state index contributed by atoms with van der Waals surface area (Å²) in [6.07, 6.45) is -2.00. The normalized spacial score (nSPS) is 38.1. The van der Waals surface area contributed by atoms with Crippen LogP contribution < -0.4 is 5.73 Å². The number of rotatable bonds is 13. The predicted molar refractivity (Wildman–Crippen MR) is 167 cm³/mol. The molecule has 4 rings (SSSR count). The third kappa shape index (κ3) is 6.15. The van der Waals surface area contributed by atoms with E-state index in [1.54, 1.807) is 0 Å². The van der Waals surface area contributed by atoms with Gasteiger partial charge in [-0.15, -0.1) is 0 Å². The first kappa shape index (κ1) is 37.8. The highest BCUT2D eigenvalue weighted by molar-refractivity contribution is 6.01. The van der Waals surface area contributed by atoms with Crippen LogP contribution in [0, 0.1) is 28.6 Å². The van der Waals surface area contributed by atoms with Crippen molar-refractivity contribution < 1.29 is 57.2 Å². The van der Waals surface area contributed by atoms with Gasteiger partial charge in [-0.25, -0.2) is 8.78 Å². The van der Waals surface area contributed by atoms with Crippen LogP contribution in [0.4, 0.5) is 8.78 Å². The summed E-state index contributed by atoms with van der Waals surface area (Å²) in [6.45, 7) is 7.67. The number of halogens is 2. The minimum absolute atomic E-state index is 0.0833. The average Bonchev–Trinajstić information content (AvgIpc) is 3.25. The maximum atomic E-state index is 17.6. The maximum Gasteiger partial charge on any atom is 0.323 e. The minimum Gasteiger partial charge on any atom is -0.464 e. The number of hydrogen-bond acceptors (Lipinski definition) is 11. The van der Waals surface area contributed by atoms with Crippen LogP contribution in [0.15, 0.2) is 23.8 Å². The second-order valence-corrected chi connectivity index (χ2v) is 14.5. The van der Waals surface area contributed by atoms with Gasteiger partial charge in [0.1, 0.15) is 18.3 Å². The van der Waals surface area contributed by atoms with E-state index >= 15 is 8.78 Å². The number of fused-ring (bicyclic) bond motifs is 5. The molecule has 11 nitrogen and oxygen atoms in total. The minimum atomic E-state index is -2.50. The molecule has 0 aliphatic heterocycles. The Hall–Kier alpha value is -3.03. The van der Waals surface area contributed by atoms with Crippen LogP contribution >= 0.6 is 0 Å². The molecule has 3 fully saturated rings. The number of unbranched alkanes of at least 4 members (excludes halogenated alkanes) is 1. The van der Waals surface area contributed by atoms with Crippen LogP contribution in [-0.2, 0) is 38.2 Å². The molecule has 4 N–H and O–H groups in total. The second kappa shape index (κ2) is 14.1. The summed E-state index contributed by atoms with van der Waals surface area (Å²) in [7, 11) is 0. The van der Waals surface area contributed by atoms with Crippen LogP contribution in [0.2, 0.25) is 0 Å². The fourth-order valence-corrected chi connectivity index (χ4v) is 8.52. The molecule has 4 aliphatic rings. The quantitative estimate of drug-likeness (QED) is 0.192. The molecule has 0 aromatic heterocycles. The van der Waals surface area contributed by atoms with E-state index in [2.05, 4.69) is 0 Å². The Bertz CT molecular complexity index is 1370. The van der Waals surface area contributed by atoms with Gasteiger partial charge in [0.2, 0.25) is 11.4 Å². The van der Waals surface area contributed by atoms with Crippen molar-refractivity contribution in [2.45, 2.75) is 122 Å². The molecule has 0 saturated heterocycles. The van der Waals surface area contributed by atoms with Crippen LogP contribution in [0.3, 0.4) is 0 Å². The summed E-state index contributed by atoms with van der Waals surface area (Å²) in [5.74, 6) is -6.34. The topological polar surface area (TPSA) is 180 Å². The van der Waals surface area contributed by atoms with Gasteiger partial charge < -0.3 is 30.2 Å². The van der Waals surface area contributed by atoms with Gasteiger partial charge in [-0.2, -0.15) is 0 Å². The lowest BCUT2D eigenvalue weighted by atomic mass is 9.44. The van der Waals surface area contributed by atoms with Crippen molar-refractivity contribution in [1.29, 1.82) is 0 Å². The third-order valence-electron chi connectivity index (χ3n) is 11.5. The molecule has 4 aliphatic carbocycles. The number of esters is 3. The predicted octanol–water partition coefficient (Wildman–Crippen LogP) is 3.17. The summed E-state index contributed by atoms with van der Waals surface area (Å²) in [5, 5.41) is 23.3. The smallest absolute Gasteiger partial charge is 0.323 e. The van der Waals surface area contributed by atoms with Gasteiger partial charge in [0.15, 0.2) is 18.1 Å². The van der Waals surface area contributed by atoms with Crippen LogP contribution in [0.25, 0.3) is 0 Å². The first-order valence-electron chi connectivity index (χ1n) is 16.9. The number of aliphatic hydroxyl groups excluding tert-OH is 2. The molecule has 0 spiro atoms. The van der Waals surface area contributed by atoms with E-state index < -0.39 is 114 Å². The van der Waals surface area contributed by atoms with Crippen molar-refractivity contribution in [1.82, 2.24) is 0 Å². The number of hydrogen-bond donors (Lipinski definition) is 3.